The summed E-state index contributed by atoms with van der Waals surface area (Å²) in [6.07, 6.45) is 1.97. The lowest BCUT2D eigenvalue weighted by molar-refractivity contribution is -0.117. The van der Waals surface area contributed by atoms with E-state index in [-0.39, 0.29) is 24.8 Å². The molecule has 0 aliphatic heterocycles. The molecule has 1 aromatic heterocycles. The van der Waals surface area contributed by atoms with E-state index >= 15 is 0 Å². The number of carbonyl (C=O) groups excluding carboxylic acids is 2. The van der Waals surface area contributed by atoms with Crippen LogP contribution in [-0.2, 0) is 16.1 Å². The van der Waals surface area contributed by atoms with Crippen LogP contribution in [0, 0.1) is 0 Å². The Bertz CT molecular complexity index is 1010. The molecule has 6 nitrogen and oxygen atoms in total. The number of hydrogen-bond acceptors (Lipinski definition) is 6. The van der Waals surface area contributed by atoms with E-state index < -0.39 is 5.97 Å². The number of hydrogen-bond donors (Lipinski definition) is 1. The molecule has 3 aromatic rings. The normalized spacial score (nSPS) is 11.0. The lowest BCUT2D eigenvalue weighted by Crippen LogP contribution is -2.30. The Balaban J connectivity index is 1.75. The Kier molecular flexibility index (Phi) is 6.95. The first kappa shape index (κ1) is 21.0. The SMILES string of the molecule is CCOC(=O)c1oc2ccccc2c1CN(C)CC(=O)Nc1ccccc1SC. The van der Waals surface area contributed by atoms with Gasteiger partial charge in [-0.25, -0.2) is 4.79 Å². The van der Waals surface area contributed by atoms with Crippen LogP contribution in [0.1, 0.15) is 23.0 Å². The van der Waals surface area contributed by atoms with Gasteiger partial charge in [0.05, 0.1) is 18.8 Å². The molecule has 0 aliphatic carbocycles. The first-order chi connectivity index (χ1) is 14.0. The lowest BCUT2D eigenvalue weighted by Gasteiger charge is -2.17. The van der Waals surface area contributed by atoms with Gasteiger partial charge in [0, 0.05) is 22.4 Å². The smallest absolute Gasteiger partial charge is 0.374 e. The van der Waals surface area contributed by atoms with E-state index in [1.54, 1.807) is 18.7 Å². The van der Waals surface area contributed by atoms with Crippen molar-refractivity contribution in [2.24, 2.45) is 0 Å². The number of amides is 1. The third-order valence-corrected chi connectivity index (χ3v) is 5.18. The predicted octanol–water partition coefficient (Wildman–Crippen LogP) is 4.40. The number of likely N-dealkylation sites (N-methyl/N-ethyl adjacent to an activating group) is 1. The van der Waals surface area contributed by atoms with Gasteiger partial charge in [0.15, 0.2) is 0 Å². The van der Waals surface area contributed by atoms with E-state index in [4.69, 9.17) is 9.15 Å². The summed E-state index contributed by atoms with van der Waals surface area (Å²) in [4.78, 5) is 27.7. The number of para-hydroxylation sites is 2. The number of anilines is 1. The highest BCUT2D eigenvalue weighted by Gasteiger charge is 2.23. The number of nitrogens with one attached hydrogen (secondary N) is 1. The number of thioether (sulfide) groups is 1. The zero-order valence-corrected chi connectivity index (χ0v) is 17.5. The molecular formula is C22H24N2O4S. The van der Waals surface area contributed by atoms with Crippen LogP contribution in [0.25, 0.3) is 11.0 Å². The Labute approximate surface area is 174 Å². The number of fused-ring (bicyclic) bond motifs is 1. The van der Waals surface area contributed by atoms with Crippen LogP contribution in [0.15, 0.2) is 57.8 Å². The highest BCUT2D eigenvalue weighted by molar-refractivity contribution is 7.98. The van der Waals surface area contributed by atoms with E-state index in [2.05, 4.69) is 5.32 Å². The molecule has 3 rings (SSSR count). The average Bonchev–Trinajstić information content (AvgIpc) is 3.07. The van der Waals surface area contributed by atoms with Gasteiger partial charge < -0.3 is 14.5 Å². The van der Waals surface area contributed by atoms with Crippen LogP contribution in [0.3, 0.4) is 0 Å². The van der Waals surface area contributed by atoms with Crippen LogP contribution in [-0.4, -0.2) is 43.2 Å². The molecule has 0 fully saturated rings. The van der Waals surface area contributed by atoms with Crippen molar-refractivity contribution in [1.82, 2.24) is 4.90 Å². The minimum atomic E-state index is -0.495. The van der Waals surface area contributed by atoms with E-state index in [1.165, 1.54) is 0 Å². The number of ether oxygens (including phenoxy) is 1. The first-order valence-corrected chi connectivity index (χ1v) is 10.5. The summed E-state index contributed by atoms with van der Waals surface area (Å²) in [6.45, 7) is 2.57. The highest BCUT2D eigenvalue weighted by atomic mass is 32.2. The second kappa shape index (κ2) is 9.62. The van der Waals surface area contributed by atoms with E-state index in [0.717, 1.165) is 21.5 Å². The number of nitrogens with zero attached hydrogens (tertiary/aromatic N) is 1. The third-order valence-electron chi connectivity index (χ3n) is 4.38. The summed E-state index contributed by atoms with van der Waals surface area (Å²) >= 11 is 1.58. The largest absolute Gasteiger partial charge is 0.460 e. The van der Waals surface area contributed by atoms with Crippen molar-refractivity contribution in [3.05, 3.63) is 59.9 Å². The first-order valence-electron chi connectivity index (χ1n) is 9.32. The van der Waals surface area contributed by atoms with Gasteiger partial charge in [0.2, 0.25) is 11.7 Å². The van der Waals surface area contributed by atoms with Crippen LogP contribution >= 0.6 is 11.8 Å². The maximum atomic E-state index is 12.5. The Hall–Kier alpha value is -2.77. The minimum absolute atomic E-state index is 0.125. The fourth-order valence-electron chi connectivity index (χ4n) is 3.13. The predicted molar refractivity (Wildman–Crippen MR) is 115 cm³/mol. The van der Waals surface area contributed by atoms with E-state index in [0.29, 0.717) is 12.1 Å². The standard InChI is InChI=1S/C22H24N2O4S/c1-4-27-22(26)21-16(15-9-5-7-11-18(15)28-21)13-24(2)14-20(25)23-17-10-6-8-12-19(17)29-3/h5-12H,4,13-14H2,1-3H3,(H,23,25). The monoisotopic (exact) mass is 412 g/mol. The van der Waals surface area contributed by atoms with Crippen LogP contribution in [0.2, 0.25) is 0 Å². The molecule has 7 heteroatoms. The molecule has 2 aromatic carbocycles. The Morgan fingerprint density at radius 1 is 1.14 bits per heavy atom. The van der Waals surface area contributed by atoms with Crippen molar-refractivity contribution in [1.29, 1.82) is 0 Å². The van der Waals surface area contributed by atoms with Crippen molar-refractivity contribution in [2.75, 3.05) is 31.8 Å². The molecule has 0 aliphatic rings. The van der Waals surface area contributed by atoms with E-state index in [9.17, 15) is 9.59 Å². The van der Waals surface area contributed by atoms with Crippen LogP contribution in [0.5, 0.6) is 0 Å². The summed E-state index contributed by atoms with van der Waals surface area (Å²) in [6, 6.07) is 15.1. The molecule has 0 spiro atoms. The lowest BCUT2D eigenvalue weighted by atomic mass is 10.1. The topological polar surface area (TPSA) is 71.8 Å². The maximum absolute atomic E-state index is 12.5. The zero-order valence-electron chi connectivity index (χ0n) is 16.7. The van der Waals surface area contributed by atoms with Gasteiger partial charge in [-0.1, -0.05) is 30.3 Å². The number of esters is 1. The van der Waals surface area contributed by atoms with Crippen molar-refractivity contribution < 1.29 is 18.7 Å². The molecule has 0 radical (unpaired) electrons. The average molecular weight is 413 g/mol. The van der Waals surface area contributed by atoms with Gasteiger partial charge in [-0.05, 0) is 38.4 Å². The summed E-state index contributed by atoms with van der Waals surface area (Å²) in [5.41, 5.74) is 2.13. The van der Waals surface area contributed by atoms with Crippen molar-refractivity contribution >= 4 is 40.3 Å². The molecule has 1 heterocycles. The third kappa shape index (κ3) is 4.99. The second-order valence-electron chi connectivity index (χ2n) is 6.55. The Morgan fingerprint density at radius 2 is 1.86 bits per heavy atom. The summed E-state index contributed by atoms with van der Waals surface area (Å²) in [5, 5.41) is 3.79. The molecule has 1 amide bonds. The van der Waals surface area contributed by atoms with Crippen molar-refractivity contribution in [3.63, 3.8) is 0 Å². The fourth-order valence-corrected chi connectivity index (χ4v) is 3.68. The molecule has 1 N–H and O–H groups in total. The molecule has 0 atom stereocenters. The quantitative estimate of drug-likeness (QED) is 0.437. The highest BCUT2D eigenvalue weighted by Crippen LogP contribution is 2.28. The molecular weight excluding hydrogens is 388 g/mol. The van der Waals surface area contributed by atoms with Crippen molar-refractivity contribution in [3.8, 4) is 0 Å². The molecule has 0 saturated heterocycles. The zero-order chi connectivity index (χ0) is 20.8. The van der Waals surface area contributed by atoms with Crippen molar-refractivity contribution in [2.45, 2.75) is 18.4 Å². The Morgan fingerprint density at radius 3 is 2.62 bits per heavy atom. The molecule has 0 saturated carbocycles. The van der Waals surface area contributed by atoms with Gasteiger partial charge in [0.25, 0.3) is 0 Å². The van der Waals surface area contributed by atoms with Gasteiger partial charge in [-0.15, -0.1) is 11.8 Å². The van der Waals surface area contributed by atoms with Gasteiger partial charge >= 0.3 is 5.97 Å². The number of benzene rings is 2. The number of furan rings is 1. The summed E-state index contributed by atoms with van der Waals surface area (Å²) in [5.74, 6) is -0.432. The van der Waals surface area contributed by atoms with Crippen LogP contribution < -0.4 is 5.32 Å². The number of rotatable bonds is 8. The summed E-state index contributed by atoms with van der Waals surface area (Å²) in [7, 11) is 1.83. The molecule has 0 bridgehead atoms. The maximum Gasteiger partial charge on any atom is 0.374 e. The van der Waals surface area contributed by atoms with E-state index in [1.807, 2.05) is 66.7 Å². The molecule has 29 heavy (non-hydrogen) atoms. The molecule has 152 valence electrons. The minimum Gasteiger partial charge on any atom is -0.460 e. The summed E-state index contributed by atoms with van der Waals surface area (Å²) < 4.78 is 10.9. The van der Waals surface area contributed by atoms with Gasteiger partial charge in [-0.3, -0.25) is 9.69 Å². The fraction of sp³-hybridized carbons (Fsp3) is 0.273. The molecule has 0 unspecified atom stereocenters. The number of carbonyl (C=O) groups is 2. The second-order valence-corrected chi connectivity index (χ2v) is 7.40. The van der Waals surface area contributed by atoms with Gasteiger partial charge in [-0.2, -0.15) is 0 Å². The van der Waals surface area contributed by atoms with Gasteiger partial charge in [0.1, 0.15) is 5.58 Å². The van der Waals surface area contributed by atoms with Crippen LogP contribution in [0.4, 0.5) is 5.69 Å².